The molecule has 1 N–H and O–H groups in total. The van der Waals surface area contributed by atoms with Crippen molar-refractivity contribution in [2.24, 2.45) is 0 Å². The molecule has 4 heteroatoms. The van der Waals surface area contributed by atoms with Gasteiger partial charge in [-0.3, -0.25) is 0 Å². The minimum Gasteiger partial charge on any atom is -0.450 e. The minimum absolute atomic E-state index is 0.553. The van der Waals surface area contributed by atoms with Crippen molar-refractivity contribution in [2.45, 2.75) is 13.0 Å². The second-order valence-corrected chi connectivity index (χ2v) is 3.52. The Hall–Kier alpha value is 0.200. The van der Waals surface area contributed by atoms with Gasteiger partial charge in [0.1, 0.15) is 11.9 Å². The average molecular weight is 270 g/mol. The molecular formula is C6H6Br2O2. The van der Waals surface area contributed by atoms with Gasteiger partial charge in [-0.2, -0.15) is 0 Å². The zero-order valence-corrected chi connectivity index (χ0v) is 8.44. The van der Waals surface area contributed by atoms with Gasteiger partial charge in [-0.1, -0.05) is 0 Å². The monoisotopic (exact) mass is 268 g/mol. The highest BCUT2D eigenvalue weighted by atomic mass is 79.9. The van der Waals surface area contributed by atoms with Crippen LogP contribution in [0.3, 0.4) is 0 Å². The molecule has 0 aliphatic heterocycles. The number of hydrogen-bond acceptors (Lipinski definition) is 2. The maximum Gasteiger partial charge on any atom is 0.183 e. The average Bonchev–Trinajstić information content (AvgIpc) is 2.13. The molecule has 0 unspecified atom stereocenters. The van der Waals surface area contributed by atoms with Gasteiger partial charge in [0.2, 0.25) is 0 Å². The molecule has 0 bridgehead atoms. The molecule has 1 aromatic heterocycles. The number of aliphatic hydroxyl groups is 1. The Kier molecular flexibility index (Phi) is 2.55. The van der Waals surface area contributed by atoms with E-state index in [2.05, 4.69) is 31.9 Å². The van der Waals surface area contributed by atoms with Crippen LogP contribution < -0.4 is 0 Å². The quantitative estimate of drug-likeness (QED) is 0.851. The standard InChI is InChI=1S/C6H6Br2O2/c1-3(9)5-2-4(7)6(8)10-5/h2-3,9H,1H3/t3-/m0/s1. The van der Waals surface area contributed by atoms with E-state index in [1.165, 1.54) is 0 Å². The minimum atomic E-state index is -0.553. The van der Waals surface area contributed by atoms with Crippen LogP contribution in [0.1, 0.15) is 18.8 Å². The zero-order chi connectivity index (χ0) is 7.72. The third-order valence-corrected chi connectivity index (χ3v) is 2.79. The highest BCUT2D eigenvalue weighted by Crippen LogP contribution is 2.29. The molecule has 0 amide bonds. The Morgan fingerprint density at radius 1 is 1.60 bits per heavy atom. The van der Waals surface area contributed by atoms with E-state index in [0.29, 0.717) is 10.4 Å². The lowest BCUT2D eigenvalue weighted by Crippen LogP contribution is -1.85. The molecule has 0 fully saturated rings. The lowest BCUT2D eigenvalue weighted by Gasteiger charge is -1.95. The summed E-state index contributed by atoms with van der Waals surface area (Å²) < 4.78 is 6.53. The fourth-order valence-corrected chi connectivity index (χ4v) is 1.18. The van der Waals surface area contributed by atoms with Crippen molar-refractivity contribution in [2.75, 3.05) is 0 Å². The zero-order valence-electron chi connectivity index (χ0n) is 5.27. The maximum atomic E-state index is 9.03. The molecule has 0 aromatic carbocycles. The van der Waals surface area contributed by atoms with Gasteiger partial charge >= 0.3 is 0 Å². The van der Waals surface area contributed by atoms with Crippen LogP contribution in [0, 0.1) is 0 Å². The summed E-state index contributed by atoms with van der Waals surface area (Å²) in [5.74, 6) is 0.554. The first-order valence-corrected chi connectivity index (χ1v) is 4.32. The van der Waals surface area contributed by atoms with E-state index in [4.69, 9.17) is 9.52 Å². The van der Waals surface area contributed by atoms with Gasteiger partial charge in [0.25, 0.3) is 0 Å². The van der Waals surface area contributed by atoms with Crippen LogP contribution in [0.5, 0.6) is 0 Å². The Morgan fingerprint density at radius 3 is 2.40 bits per heavy atom. The van der Waals surface area contributed by atoms with Crippen molar-refractivity contribution in [1.82, 2.24) is 0 Å². The van der Waals surface area contributed by atoms with E-state index < -0.39 is 6.10 Å². The summed E-state index contributed by atoms with van der Waals surface area (Å²) in [6, 6.07) is 1.73. The molecule has 56 valence electrons. The van der Waals surface area contributed by atoms with Crippen molar-refractivity contribution >= 4 is 31.9 Å². The van der Waals surface area contributed by atoms with E-state index in [1.54, 1.807) is 13.0 Å². The van der Waals surface area contributed by atoms with Crippen LogP contribution in [-0.4, -0.2) is 5.11 Å². The molecule has 0 radical (unpaired) electrons. The summed E-state index contributed by atoms with van der Waals surface area (Å²) in [7, 11) is 0. The molecule has 0 spiro atoms. The second-order valence-electron chi connectivity index (χ2n) is 1.95. The van der Waals surface area contributed by atoms with Crippen molar-refractivity contribution < 1.29 is 9.52 Å². The second kappa shape index (κ2) is 3.07. The molecule has 0 aliphatic carbocycles. The first-order chi connectivity index (χ1) is 4.61. The summed E-state index contributed by atoms with van der Waals surface area (Å²) >= 11 is 6.39. The van der Waals surface area contributed by atoms with Gasteiger partial charge in [0.05, 0.1) is 4.47 Å². The maximum absolute atomic E-state index is 9.03. The first-order valence-electron chi connectivity index (χ1n) is 2.74. The summed E-state index contributed by atoms with van der Waals surface area (Å²) in [5.41, 5.74) is 0. The number of rotatable bonds is 1. The molecule has 1 rings (SSSR count). The molecule has 1 atom stereocenters. The summed E-state index contributed by atoms with van der Waals surface area (Å²) in [5, 5.41) is 9.03. The number of furan rings is 1. The summed E-state index contributed by atoms with van der Waals surface area (Å²) in [6.45, 7) is 1.65. The van der Waals surface area contributed by atoms with Crippen LogP contribution in [0.25, 0.3) is 0 Å². The van der Waals surface area contributed by atoms with Gasteiger partial charge in [0.15, 0.2) is 4.67 Å². The van der Waals surface area contributed by atoms with Crippen LogP contribution in [-0.2, 0) is 0 Å². The van der Waals surface area contributed by atoms with Crippen molar-refractivity contribution in [1.29, 1.82) is 0 Å². The summed E-state index contributed by atoms with van der Waals surface area (Å²) in [4.78, 5) is 0. The number of halogens is 2. The van der Waals surface area contributed by atoms with Gasteiger partial charge in [-0.25, -0.2) is 0 Å². The molecular weight excluding hydrogens is 264 g/mol. The Morgan fingerprint density at radius 2 is 2.20 bits per heavy atom. The van der Waals surface area contributed by atoms with Gasteiger partial charge < -0.3 is 9.52 Å². The smallest absolute Gasteiger partial charge is 0.183 e. The molecule has 1 aromatic rings. The van der Waals surface area contributed by atoms with E-state index in [0.717, 1.165) is 4.47 Å². The van der Waals surface area contributed by atoms with Crippen LogP contribution in [0.2, 0.25) is 0 Å². The number of aliphatic hydroxyl groups excluding tert-OH is 1. The Labute approximate surface area is 75.5 Å². The van der Waals surface area contributed by atoms with Gasteiger partial charge in [-0.15, -0.1) is 0 Å². The SMILES string of the molecule is C[C@H](O)c1cc(Br)c(Br)o1. The molecule has 2 nitrogen and oxygen atoms in total. The fourth-order valence-electron chi connectivity index (χ4n) is 0.569. The van der Waals surface area contributed by atoms with Crippen LogP contribution in [0.4, 0.5) is 0 Å². The predicted octanol–water partition coefficient (Wildman–Crippen LogP) is 2.86. The third kappa shape index (κ3) is 1.62. The molecule has 0 saturated carbocycles. The third-order valence-electron chi connectivity index (χ3n) is 1.08. The first kappa shape index (κ1) is 8.30. The van der Waals surface area contributed by atoms with E-state index in [9.17, 15) is 0 Å². The highest BCUT2D eigenvalue weighted by molar-refractivity contribution is 9.13. The lowest BCUT2D eigenvalue weighted by molar-refractivity contribution is 0.168. The largest absolute Gasteiger partial charge is 0.450 e. The lowest BCUT2D eigenvalue weighted by atomic mass is 10.3. The van der Waals surface area contributed by atoms with E-state index >= 15 is 0 Å². The Bertz CT molecular complexity index is 210. The van der Waals surface area contributed by atoms with Crippen molar-refractivity contribution in [3.8, 4) is 0 Å². The topological polar surface area (TPSA) is 33.4 Å². The number of hydrogen-bond donors (Lipinski definition) is 1. The highest BCUT2D eigenvalue weighted by Gasteiger charge is 2.09. The molecule has 0 aliphatic rings. The Balaban J connectivity index is 2.98. The van der Waals surface area contributed by atoms with E-state index in [-0.39, 0.29) is 0 Å². The summed E-state index contributed by atoms with van der Waals surface area (Å²) in [6.07, 6.45) is -0.553. The normalized spacial score (nSPS) is 13.6. The van der Waals surface area contributed by atoms with E-state index in [1.807, 2.05) is 0 Å². The molecule has 1 heterocycles. The molecule has 0 saturated heterocycles. The van der Waals surface area contributed by atoms with Crippen molar-refractivity contribution in [3.63, 3.8) is 0 Å². The van der Waals surface area contributed by atoms with Crippen LogP contribution >= 0.6 is 31.9 Å². The van der Waals surface area contributed by atoms with Crippen LogP contribution in [0.15, 0.2) is 19.6 Å². The molecule has 10 heavy (non-hydrogen) atoms. The van der Waals surface area contributed by atoms with Gasteiger partial charge in [-0.05, 0) is 44.8 Å². The van der Waals surface area contributed by atoms with Gasteiger partial charge in [0, 0.05) is 0 Å². The predicted molar refractivity (Wildman–Crippen MR) is 44.7 cm³/mol. The van der Waals surface area contributed by atoms with Crippen molar-refractivity contribution in [3.05, 3.63) is 21.0 Å². The fraction of sp³-hybridized carbons (Fsp3) is 0.333.